The maximum atomic E-state index is 12.4. The zero-order valence-corrected chi connectivity index (χ0v) is 23.5. The van der Waals surface area contributed by atoms with Crippen molar-refractivity contribution in [2.24, 2.45) is 5.92 Å². The van der Waals surface area contributed by atoms with Gasteiger partial charge in [-0.2, -0.15) is 8.42 Å². The number of carboxylic acids is 2. The van der Waals surface area contributed by atoms with Gasteiger partial charge in [0.15, 0.2) is 0 Å². The molecule has 0 heterocycles. The van der Waals surface area contributed by atoms with E-state index in [1.54, 1.807) is 45.0 Å². The van der Waals surface area contributed by atoms with Gasteiger partial charge >= 0.3 is 18.0 Å². The molecule has 0 aliphatic heterocycles. The van der Waals surface area contributed by atoms with Gasteiger partial charge in [0.1, 0.15) is 30.1 Å². The van der Waals surface area contributed by atoms with Crippen LogP contribution in [0.4, 0.5) is 4.79 Å². The highest BCUT2D eigenvalue weighted by Gasteiger charge is 2.30. The molecule has 0 spiro atoms. The fourth-order valence-electron chi connectivity index (χ4n) is 3.47. The first-order chi connectivity index (χ1) is 18.6. The Morgan fingerprint density at radius 3 is 2.05 bits per heavy atom. The number of carboxylic acid groups (broad SMARTS) is 2. The summed E-state index contributed by atoms with van der Waals surface area (Å²) in [5.41, 5.74) is 0.562. The molecule has 2 aromatic rings. The summed E-state index contributed by atoms with van der Waals surface area (Å²) in [6.07, 6.45) is -2.41. The quantitative estimate of drug-likeness (QED) is 0.240. The summed E-state index contributed by atoms with van der Waals surface area (Å²) < 4.78 is 40.5. The molecule has 2 aromatic carbocycles. The maximum Gasteiger partial charge on any atom is 0.408 e. The number of ether oxygens (including phenoxy) is 2. The molecule has 1 amide bonds. The lowest BCUT2D eigenvalue weighted by Crippen LogP contribution is -2.45. The molecule has 4 N–H and O–H groups in total. The molecule has 12 nitrogen and oxygen atoms in total. The largest absolute Gasteiger partial charge is 0.486 e. The fourth-order valence-corrected chi connectivity index (χ4v) is 4.41. The standard InChI is InChI=1S/C27H35NO11S/c1-17-5-11-22(12-6-17)40(35,36)37-16-21(15-29)38-20-9-7-18(8-10-20)13-19(24(30)31)14-23(25(32)33)28-26(34)39-27(2,3)4/h5-12,19,21,23,29H,13-16H2,1-4H3,(H,28,34)(H,30,31)(H,32,33)/t19-,21?,23-/m0/s1. The SMILES string of the molecule is Cc1ccc(S(=O)(=O)OCC(CO)Oc2ccc(C[C@@H](C[C@H](NC(=O)OC(C)(C)C)C(=O)O)C(=O)O)cc2)cc1. The topological polar surface area (TPSA) is 186 Å². The van der Waals surface area contributed by atoms with Gasteiger partial charge in [-0.1, -0.05) is 29.8 Å². The lowest BCUT2D eigenvalue weighted by atomic mass is 9.92. The van der Waals surface area contributed by atoms with Gasteiger partial charge in [0.2, 0.25) is 0 Å². The molecular formula is C27H35NO11S. The molecular weight excluding hydrogens is 546 g/mol. The molecule has 3 atom stereocenters. The Labute approximate surface area is 233 Å². The Bertz CT molecular complexity index is 1250. The third-order valence-electron chi connectivity index (χ3n) is 5.49. The van der Waals surface area contributed by atoms with E-state index in [1.807, 2.05) is 6.92 Å². The predicted molar refractivity (Wildman–Crippen MR) is 143 cm³/mol. The summed E-state index contributed by atoms with van der Waals surface area (Å²) in [5.74, 6) is -3.53. The molecule has 0 aliphatic rings. The molecule has 0 fully saturated rings. The third kappa shape index (κ3) is 10.8. The van der Waals surface area contributed by atoms with Crippen LogP contribution in [0.15, 0.2) is 53.4 Å². The summed E-state index contributed by atoms with van der Waals surface area (Å²) >= 11 is 0. The molecule has 0 aromatic heterocycles. The first-order valence-electron chi connectivity index (χ1n) is 12.4. The van der Waals surface area contributed by atoms with Crippen molar-refractivity contribution in [3.63, 3.8) is 0 Å². The molecule has 1 unspecified atom stereocenters. The lowest BCUT2D eigenvalue weighted by Gasteiger charge is -2.23. The highest BCUT2D eigenvalue weighted by atomic mass is 32.2. The van der Waals surface area contributed by atoms with Crippen LogP contribution in [-0.2, 0) is 35.0 Å². The number of rotatable bonds is 14. The molecule has 0 bridgehead atoms. The van der Waals surface area contributed by atoms with Gasteiger partial charge in [0.05, 0.1) is 17.4 Å². The van der Waals surface area contributed by atoms with E-state index < -0.39 is 65.0 Å². The maximum absolute atomic E-state index is 12.4. The molecule has 2 rings (SSSR count). The molecule has 220 valence electrons. The highest BCUT2D eigenvalue weighted by Crippen LogP contribution is 2.21. The van der Waals surface area contributed by atoms with Gasteiger partial charge in [-0.25, -0.2) is 9.59 Å². The first-order valence-corrected chi connectivity index (χ1v) is 13.8. The van der Waals surface area contributed by atoms with Crippen LogP contribution in [0.3, 0.4) is 0 Å². The molecule has 40 heavy (non-hydrogen) atoms. The second-order valence-corrected chi connectivity index (χ2v) is 11.7. The minimum absolute atomic E-state index is 0.0291. The Balaban J connectivity index is 2.00. The van der Waals surface area contributed by atoms with Gasteiger partial charge in [-0.05, 0) is 70.4 Å². The fraction of sp³-hybridized carbons (Fsp3) is 0.444. The number of hydrogen-bond donors (Lipinski definition) is 4. The van der Waals surface area contributed by atoms with E-state index in [4.69, 9.17) is 13.7 Å². The number of carbonyl (C=O) groups is 3. The van der Waals surface area contributed by atoms with E-state index in [-0.39, 0.29) is 23.5 Å². The third-order valence-corrected chi connectivity index (χ3v) is 6.79. The smallest absolute Gasteiger partial charge is 0.408 e. The molecule has 0 saturated carbocycles. The zero-order chi connectivity index (χ0) is 30.1. The number of aryl methyl sites for hydroxylation is 1. The Morgan fingerprint density at radius 1 is 0.950 bits per heavy atom. The number of benzene rings is 2. The number of aliphatic carboxylic acids is 2. The van der Waals surface area contributed by atoms with Crippen LogP contribution in [0, 0.1) is 12.8 Å². The van der Waals surface area contributed by atoms with Gasteiger partial charge in [-0.15, -0.1) is 0 Å². The van der Waals surface area contributed by atoms with E-state index in [1.165, 1.54) is 24.3 Å². The van der Waals surface area contributed by atoms with E-state index in [0.717, 1.165) is 5.56 Å². The summed E-state index contributed by atoms with van der Waals surface area (Å²) in [4.78, 5) is 35.5. The van der Waals surface area contributed by atoms with Crippen LogP contribution >= 0.6 is 0 Å². The first kappa shape index (κ1) is 32.5. The van der Waals surface area contributed by atoms with Crippen molar-refractivity contribution in [1.29, 1.82) is 0 Å². The van der Waals surface area contributed by atoms with Gasteiger partial charge in [-0.3, -0.25) is 8.98 Å². The average Bonchev–Trinajstić information content (AvgIpc) is 2.85. The number of amides is 1. The predicted octanol–water partition coefficient (Wildman–Crippen LogP) is 2.75. The normalized spacial score (nSPS) is 14.0. The van der Waals surface area contributed by atoms with Crippen LogP contribution in [0.1, 0.15) is 38.3 Å². The van der Waals surface area contributed by atoms with Gasteiger partial charge in [0, 0.05) is 0 Å². The van der Waals surface area contributed by atoms with Gasteiger partial charge in [0.25, 0.3) is 10.1 Å². The number of aliphatic hydroxyl groups is 1. The summed E-state index contributed by atoms with van der Waals surface area (Å²) in [6, 6.07) is 10.7. The van der Waals surface area contributed by atoms with E-state index in [9.17, 15) is 38.1 Å². The van der Waals surface area contributed by atoms with Crippen molar-refractivity contribution in [3.8, 4) is 5.75 Å². The second kappa shape index (κ2) is 14.1. The van der Waals surface area contributed by atoms with E-state index in [2.05, 4.69) is 5.32 Å². The Hall–Kier alpha value is -3.68. The van der Waals surface area contributed by atoms with Crippen molar-refractivity contribution in [2.45, 2.75) is 63.2 Å². The van der Waals surface area contributed by atoms with Crippen molar-refractivity contribution >= 4 is 28.1 Å². The zero-order valence-electron chi connectivity index (χ0n) is 22.7. The Kier molecular flexibility index (Phi) is 11.5. The monoisotopic (exact) mass is 581 g/mol. The molecule has 0 aliphatic carbocycles. The number of alkyl carbamates (subject to hydrolysis) is 1. The molecule has 0 radical (unpaired) electrons. The average molecular weight is 582 g/mol. The minimum atomic E-state index is -4.06. The van der Waals surface area contributed by atoms with Gasteiger partial charge < -0.3 is 30.1 Å². The van der Waals surface area contributed by atoms with Crippen molar-refractivity contribution in [3.05, 3.63) is 59.7 Å². The van der Waals surface area contributed by atoms with Crippen molar-refractivity contribution < 1.29 is 51.8 Å². The number of nitrogens with one attached hydrogen (secondary N) is 1. The van der Waals surface area contributed by atoms with E-state index >= 15 is 0 Å². The van der Waals surface area contributed by atoms with Crippen LogP contribution < -0.4 is 10.1 Å². The lowest BCUT2D eigenvalue weighted by molar-refractivity contribution is -0.144. The summed E-state index contributed by atoms with van der Waals surface area (Å²) in [7, 11) is -4.06. The molecule has 13 heteroatoms. The van der Waals surface area contributed by atoms with Crippen LogP contribution in [0.25, 0.3) is 0 Å². The Morgan fingerprint density at radius 2 is 1.55 bits per heavy atom. The highest BCUT2D eigenvalue weighted by molar-refractivity contribution is 7.86. The number of hydrogen-bond acceptors (Lipinski definition) is 9. The second-order valence-electron chi connectivity index (χ2n) is 10.1. The van der Waals surface area contributed by atoms with Crippen LogP contribution in [0.2, 0.25) is 0 Å². The van der Waals surface area contributed by atoms with Crippen molar-refractivity contribution in [1.82, 2.24) is 5.32 Å². The minimum Gasteiger partial charge on any atom is -0.486 e. The number of aliphatic hydroxyl groups excluding tert-OH is 1. The van der Waals surface area contributed by atoms with Crippen LogP contribution in [-0.4, -0.2) is 72.7 Å². The molecule has 0 saturated heterocycles. The van der Waals surface area contributed by atoms with Crippen LogP contribution in [0.5, 0.6) is 5.75 Å². The van der Waals surface area contributed by atoms with E-state index in [0.29, 0.717) is 5.56 Å². The summed E-state index contributed by atoms with van der Waals surface area (Å²) in [5, 5.41) is 31.0. The van der Waals surface area contributed by atoms with Crippen molar-refractivity contribution in [2.75, 3.05) is 13.2 Å². The number of carbonyl (C=O) groups excluding carboxylic acids is 1. The summed E-state index contributed by atoms with van der Waals surface area (Å²) in [6.45, 7) is 5.66.